The molecule has 0 bridgehead atoms. The molecule has 138 valence electrons. The van der Waals surface area contributed by atoms with Gasteiger partial charge in [-0.15, -0.1) is 11.3 Å². The summed E-state index contributed by atoms with van der Waals surface area (Å²) in [4.78, 5) is 34.7. The highest BCUT2D eigenvalue weighted by molar-refractivity contribution is 7.20. The number of benzene rings is 2. The van der Waals surface area contributed by atoms with Crippen molar-refractivity contribution in [3.8, 4) is 5.75 Å². The van der Waals surface area contributed by atoms with Gasteiger partial charge < -0.3 is 15.4 Å². The number of methoxy groups -OCH3 is 1. The Morgan fingerprint density at radius 3 is 2.56 bits per heavy atom. The number of nitrogens with zero attached hydrogens (tertiary/aromatic N) is 1. The van der Waals surface area contributed by atoms with E-state index in [1.807, 2.05) is 0 Å². The van der Waals surface area contributed by atoms with E-state index in [1.165, 1.54) is 37.5 Å². The molecule has 1 aromatic heterocycles. The molecular formula is C18H15N3O5S. The van der Waals surface area contributed by atoms with Crippen LogP contribution in [0.1, 0.15) is 16.6 Å². The Morgan fingerprint density at radius 2 is 1.89 bits per heavy atom. The third kappa shape index (κ3) is 4.04. The van der Waals surface area contributed by atoms with E-state index in [0.29, 0.717) is 27.4 Å². The van der Waals surface area contributed by atoms with E-state index >= 15 is 0 Å². The first kappa shape index (κ1) is 18.3. The van der Waals surface area contributed by atoms with Crippen molar-refractivity contribution < 1.29 is 19.2 Å². The molecule has 0 saturated heterocycles. The number of nitro benzene ring substituents is 1. The minimum atomic E-state index is -0.474. The molecule has 0 aliphatic carbocycles. The van der Waals surface area contributed by atoms with Crippen molar-refractivity contribution in [2.75, 3.05) is 17.7 Å². The van der Waals surface area contributed by atoms with E-state index in [4.69, 9.17) is 4.74 Å². The fourth-order valence-electron chi connectivity index (χ4n) is 2.52. The van der Waals surface area contributed by atoms with E-state index in [2.05, 4.69) is 10.6 Å². The minimum Gasteiger partial charge on any atom is -0.495 e. The molecule has 2 amide bonds. The quantitative estimate of drug-likeness (QED) is 0.509. The van der Waals surface area contributed by atoms with Crippen LogP contribution in [-0.4, -0.2) is 23.8 Å². The Balaban J connectivity index is 1.85. The number of non-ortho nitro benzene ring substituents is 1. The number of nitrogens with one attached hydrogen (secondary N) is 2. The number of carbonyl (C=O) groups excluding carboxylic acids is 2. The molecule has 27 heavy (non-hydrogen) atoms. The lowest BCUT2D eigenvalue weighted by molar-refractivity contribution is -0.384. The monoisotopic (exact) mass is 385 g/mol. The standard InChI is InChI=1S/C18H15N3O5S/c1-10(22)19-14-9-12(3-5-15(14)26-2)20-18(23)17-8-11-7-13(21(24)25)4-6-16(11)27-17/h3-9H,1-2H3,(H,19,22)(H,20,23). The lowest BCUT2D eigenvalue weighted by Crippen LogP contribution is -2.11. The molecule has 0 fully saturated rings. The minimum absolute atomic E-state index is 0.0256. The SMILES string of the molecule is COc1ccc(NC(=O)c2cc3cc([N+](=O)[O-])ccc3s2)cc1NC(C)=O. The average molecular weight is 385 g/mol. The third-order valence-electron chi connectivity index (χ3n) is 3.70. The van der Waals surface area contributed by atoms with Crippen molar-refractivity contribution in [3.63, 3.8) is 0 Å². The summed E-state index contributed by atoms with van der Waals surface area (Å²) in [5, 5.41) is 16.9. The zero-order chi connectivity index (χ0) is 19.6. The number of amides is 2. The summed E-state index contributed by atoms with van der Waals surface area (Å²) in [5.41, 5.74) is 0.894. The maximum absolute atomic E-state index is 12.5. The summed E-state index contributed by atoms with van der Waals surface area (Å²) >= 11 is 1.24. The molecule has 1 heterocycles. The van der Waals surface area contributed by atoms with Gasteiger partial charge in [-0.2, -0.15) is 0 Å². The van der Waals surface area contributed by atoms with Gasteiger partial charge in [0.05, 0.1) is 22.6 Å². The summed E-state index contributed by atoms with van der Waals surface area (Å²) in [7, 11) is 1.48. The number of hydrogen-bond acceptors (Lipinski definition) is 6. The first-order valence-corrected chi connectivity index (χ1v) is 8.64. The molecule has 0 unspecified atom stereocenters. The average Bonchev–Trinajstić information content (AvgIpc) is 3.04. The summed E-state index contributed by atoms with van der Waals surface area (Å²) < 4.78 is 5.96. The van der Waals surface area contributed by atoms with Crippen LogP contribution in [0.2, 0.25) is 0 Å². The van der Waals surface area contributed by atoms with Gasteiger partial charge in [0.25, 0.3) is 11.6 Å². The van der Waals surface area contributed by atoms with E-state index in [9.17, 15) is 19.7 Å². The second-order valence-electron chi connectivity index (χ2n) is 5.64. The summed E-state index contributed by atoms with van der Waals surface area (Å²) in [5.74, 6) is -0.141. The molecule has 2 aromatic carbocycles. The van der Waals surface area contributed by atoms with Gasteiger partial charge in [0, 0.05) is 34.8 Å². The summed E-state index contributed by atoms with van der Waals surface area (Å²) in [6, 6.07) is 11.0. The molecule has 0 aliphatic rings. The Labute approximate surface area is 157 Å². The second-order valence-corrected chi connectivity index (χ2v) is 6.72. The Hall–Kier alpha value is -3.46. The molecule has 2 N–H and O–H groups in total. The van der Waals surface area contributed by atoms with Crippen LogP contribution in [0.3, 0.4) is 0 Å². The number of fused-ring (bicyclic) bond motifs is 1. The molecular weight excluding hydrogens is 370 g/mol. The van der Waals surface area contributed by atoms with Crippen molar-refractivity contribution >= 4 is 50.3 Å². The Morgan fingerprint density at radius 1 is 1.11 bits per heavy atom. The van der Waals surface area contributed by atoms with Crippen LogP contribution >= 0.6 is 11.3 Å². The van der Waals surface area contributed by atoms with Gasteiger partial charge in [-0.25, -0.2) is 0 Å². The van der Waals surface area contributed by atoms with Crippen LogP contribution < -0.4 is 15.4 Å². The highest BCUT2D eigenvalue weighted by Gasteiger charge is 2.14. The van der Waals surface area contributed by atoms with Crippen LogP contribution in [0.5, 0.6) is 5.75 Å². The number of nitro groups is 1. The molecule has 0 atom stereocenters. The van der Waals surface area contributed by atoms with Crippen molar-refractivity contribution in [3.05, 3.63) is 57.5 Å². The molecule has 0 saturated carbocycles. The van der Waals surface area contributed by atoms with E-state index in [1.54, 1.807) is 30.3 Å². The van der Waals surface area contributed by atoms with Crippen molar-refractivity contribution in [2.24, 2.45) is 0 Å². The second kappa shape index (κ2) is 7.42. The fourth-order valence-corrected chi connectivity index (χ4v) is 3.46. The maximum atomic E-state index is 12.5. The number of rotatable bonds is 5. The smallest absolute Gasteiger partial charge is 0.270 e. The van der Waals surface area contributed by atoms with Crippen molar-refractivity contribution in [1.29, 1.82) is 0 Å². The van der Waals surface area contributed by atoms with Gasteiger partial charge in [0.1, 0.15) is 5.75 Å². The number of thiophene rings is 1. The Kier molecular flexibility index (Phi) is 5.04. The highest BCUT2D eigenvalue weighted by atomic mass is 32.1. The zero-order valence-corrected chi connectivity index (χ0v) is 15.3. The third-order valence-corrected chi connectivity index (χ3v) is 4.82. The fraction of sp³-hybridized carbons (Fsp3) is 0.111. The predicted octanol–water partition coefficient (Wildman–Crippen LogP) is 4.03. The van der Waals surface area contributed by atoms with Crippen LogP contribution in [0.25, 0.3) is 10.1 Å². The van der Waals surface area contributed by atoms with Crippen LogP contribution in [0.4, 0.5) is 17.1 Å². The van der Waals surface area contributed by atoms with Gasteiger partial charge in [-0.05, 0) is 30.3 Å². The number of anilines is 2. The normalized spacial score (nSPS) is 10.4. The summed E-state index contributed by atoms with van der Waals surface area (Å²) in [6.07, 6.45) is 0. The maximum Gasteiger partial charge on any atom is 0.270 e. The molecule has 8 nitrogen and oxygen atoms in total. The molecule has 0 spiro atoms. The molecule has 9 heteroatoms. The van der Waals surface area contributed by atoms with Gasteiger partial charge in [-0.3, -0.25) is 19.7 Å². The molecule has 3 aromatic rings. The topological polar surface area (TPSA) is 111 Å². The van der Waals surface area contributed by atoms with Gasteiger partial charge in [-0.1, -0.05) is 0 Å². The van der Waals surface area contributed by atoms with Crippen molar-refractivity contribution in [2.45, 2.75) is 6.92 Å². The van der Waals surface area contributed by atoms with Crippen molar-refractivity contribution in [1.82, 2.24) is 0 Å². The molecule has 3 rings (SSSR count). The number of hydrogen-bond donors (Lipinski definition) is 2. The first-order valence-electron chi connectivity index (χ1n) is 7.82. The van der Waals surface area contributed by atoms with Gasteiger partial charge in [0.15, 0.2) is 0 Å². The van der Waals surface area contributed by atoms with Crippen LogP contribution in [-0.2, 0) is 4.79 Å². The first-order chi connectivity index (χ1) is 12.9. The molecule has 0 radical (unpaired) electrons. The lowest BCUT2D eigenvalue weighted by atomic mass is 10.2. The predicted molar refractivity (Wildman–Crippen MR) is 104 cm³/mol. The van der Waals surface area contributed by atoms with E-state index in [0.717, 1.165) is 4.70 Å². The highest BCUT2D eigenvalue weighted by Crippen LogP contribution is 2.31. The summed E-state index contributed by atoms with van der Waals surface area (Å²) in [6.45, 7) is 1.38. The number of ether oxygens (including phenoxy) is 1. The van der Waals surface area contributed by atoms with Gasteiger partial charge >= 0.3 is 0 Å². The van der Waals surface area contributed by atoms with E-state index < -0.39 is 4.92 Å². The zero-order valence-electron chi connectivity index (χ0n) is 14.4. The largest absolute Gasteiger partial charge is 0.495 e. The van der Waals surface area contributed by atoms with Crippen LogP contribution in [0, 0.1) is 10.1 Å². The number of carbonyl (C=O) groups is 2. The lowest BCUT2D eigenvalue weighted by Gasteiger charge is -2.11. The molecule has 0 aliphatic heterocycles. The van der Waals surface area contributed by atoms with Crippen LogP contribution in [0.15, 0.2) is 42.5 Å². The van der Waals surface area contributed by atoms with Gasteiger partial charge in [0.2, 0.25) is 5.91 Å². The van der Waals surface area contributed by atoms with E-state index in [-0.39, 0.29) is 17.5 Å². The Bertz CT molecular complexity index is 1060.